The van der Waals surface area contributed by atoms with Gasteiger partial charge in [-0.1, -0.05) is 18.2 Å². The highest BCUT2D eigenvalue weighted by Gasteiger charge is 2.32. The zero-order valence-corrected chi connectivity index (χ0v) is 16.6. The molecule has 1 aliphatic heterocycles. The average molecular weight is 430 g/mol. The summed E-state index contributed by atoms with van der Waals surface area (Å²) in [6.45, 7) is 1.59. The lowest BCUT2D eigenvalue weighted by atomic mass is 10.1. The summed E-state index contributed by atoms with van der Waals surface area (Å²) >= 11 is 0. The standard InChI is InChI=1S/C23H21F3N2O3/c24-23(25,26)16-8-10-20(28-12-4-5-13-28)19(14-16)27-22(29)21-11-9-18(31-21)15-30-17-6-2-1-3-7-17/h1-3,6-11,14H,4-5,12-13,15H2,(H,27,29). The maximum Gasteiger partial charge on any atom is 0.416 e. The molecule has 3 aromatic rings. The van der Waals surface area contributed by atoms with Crippen LogP contribution < -0.4 is 15.0 Å². The van der Waals surface area contributed by atoms with Crippen LogP contribution in [0.15, 0.2) is 65.1 Å². The van der Waals surface area contributed by atoms with Crippen molar-refractivity contribution in [3.8, 4) is 5.75 Å². The molecular weight excluding hydrogens is 409 g/mol. The van der Waals surface area contributed by atoms with Crippen LogP contribution in [0.3, 0.4) is 0 Å². The minimum Gasteiger partial charge on any atom is -0.486 e. The predicted molar refractivity (Wildman–Crippen MR) is 110 cm³/mol. The summed E-state index contributed by atoms with van der Waals surface area (Å²) in [5.41, 5.74) is -0.139. The Morgan fingerprint density at radius 1 is 1.03 bits per heavy atom. The number of anilines is 2. The number of nitrogens with zero attached hydrogens (tertiary/aromatic N) is 1. The van der Waals surface area contributed by atoms with Crippen molar-refractivity contribution in [3.05, 3.63) is 77.7 Å². The van der Waals surface area contributed by atoms with E-state index < -0.39 is 17.6 Å². The Labute approximate surface area is 177 Å². The second-order valence-electron chi connectivity index (χ2n) is 7.25. The molecule has 1 fully saturated rings. The minimum atomic E-state index is -4.50. The van der Waals surface area contributed by atoms with Crippen molar-refractivity contribution in [1.82, 2.24) is 0 Å². The summed E-state index contributed by atoms with van der Waals surface area (Å²) < 4.78 is 50.7. The van der Waals surface area contributed by atoms with Gasteiger partial charge in [0.1, 0.15) is 18.1 Å². The summed E-state index contributed by atoms with van der Waals surface area (Å²) in [5, 5.41) is 2.59. The van der Waals surface area contributed by atoms with Crippen LogP contribution >= 0.6 is 0 Å². The summed E-state index contributed by atoms with van der Waals surface area (Å²) in [6.07, 6.45) is -2.59. The Bertz CT molecular complexity index is 1040. The molecule has 162 valence electrons. The van der Waals surface area contributed by atoms with E-state index in [1.807, 2.05) is 23.1 Å². The molecule has 1 aliphatic rings. The van der Waals surface area contributed by atoms with Gasteiger partial charge in [0.05, 0.1) is 16.9 Å². The minimum absolute atomic E-state index is 0.00329. The van der Waals surface area contributed by atoms with E-state index in [1.54, 1.807) is 18.2 Å². The summed E-state index contributed by atoms with van der Waals surface area (Å²) in [6, 6.07) is 15.6. The monoisotopic (exact) mass is 430 g/mol. The Hall–Kier alpha value is -3.42. The molecule has 0 radical (unpaired) electrons. The second kappa shape index (κ2) is 8.75. The van der Waals surface area contributed by atoms with Gasteiger partial charge < -0.3 is 19.4 Å². The fourth-order valence-electron chi connectivity index (χ4n) is 3.48. The van der Waals surface area contributed by atoms with E-state index in [1.165, 1.54) is 12.1 Å². The van der Waals surface area contributed by atoms with Crippen molar-refractivity contribution in [2.45, 2.75) is 25.6 Å². The van der Waals surface area contributed by atoms with Gasteiger partial charge in [-0.2, -0.15) is 13.2 Å². The Morgan fingerprint density at radius 3 is 2.48 bits per heavy atom. The highest BCUT2D eigenvalue weighted by Crippen LogP contribution is 2.36. The number of carbonyl (C=O) groups is 1. The van der Waals surface area contributed by atoms with Gasteiger partial charge in [-0.3, -0.25) is 4.79 Å². The van der Waals surface area contributed by atoms with Gasteiger partial charge in [-0.25, -0.2) is 0 Å². The van der Waals surface area contributed by atoms with Gasteiger partial charge in [0, 0.05) is 13.1 Å². The quantitative estimate of drug-likeness (QED) is 0.543. The second-order valence-corrected chi connectivity index (χ2v) is 7.25. The normalized spacial score (nSPS) is 14.0. The first kappa shape index (κ1) is 20.8. The zero-order valence-electron chi connectivity index (χ0n) is 16.6. The molecule has 2 heterocycles. The maximum absolute atomic E-state index is 13.2. The van der Waals surface area contributed by atoms with Gasteiger partial charge in [0.25, 0.3) is 5.91 Å². The molecular formula is C23H21F3N2O3. The number of benzene rings is 2. The number of halogens is 3. The van der Waals surface area contributed by atoms with Crippen LogP contribution in [-0.4, -0.2) is 19.0 Å². The highest BCUT2D eigenvalue weighted by molar-refractivity contribution is 6.04. The number of hydrogen-bond donors (Lipinski definition) is 1. The van der Waals surface area contributed by atoms with Crippen molar-refractivity contribution in [3.63, 3.8) is 0 Å². The van der Waals surface area contributed by atoms with E-state index in [-0.39, 0.29) is 18.1 Å². The van der Waals surface area contributed by atoms with Crippen molar-refractivity contribution in [1.29, 1.82) is 0 Å². The average Bonchev–Trinajstić information content (AvgIpc) is 3.45. The molecule has 1 aromatic heterocycles. The van der Waals surface area contributed by atoms with E-state index >= 15 is 0 Å². The largest absolute Gasteiger partial charge is 0.486 e. The molecule has 4 rings (SSSR count). The number of furan rings is 1. The van der Waals surface area contributed by atoms with Gasteiger partial charge in [0.15, 0.2) is 5.76 Å². The Balaban J connectivity index is 1.50. The van der Waals surface area contributed by atoms with Crippen molar-refractivity contribution >= 4 is 17.3 Å². The van der Waals surface area contributed by atoms with Crippen LogP contribution in [0.2, 0.25) is 0 Å². The zero-order chi connectivity index (χ0) is 21.8. The first-order chi connectivity index (χ1) is 14.9. The van der Waals surface area contributed by atoms with E-state index in [9.17, 15) is 18.0 Å². The lowest BCUT2D eigenvalue weighted by Gasteiger charge is -2.22. The lowest BCUT2D eigenvalue weighted by Crippen LogP contribution is -2.21. The molecule has 0 spiro atoms. The topological polar surface area (TPSA) is 54.7 Å². The third kappa shape index (κ3) is 5.02. The molecule has 0 unspecified atom stereocenters. The molecule has 8 heteroatoms. The Morgan fingerprint density at radius 2 is 1.77 bits per heavy atom. The van der Waals surface area contributed by atoms with Gasteiger partial charge in [-0.15, -0.1) is 0 Å². The molecule has 1 amide bonds. The number of para-hydroxylation sites is 1. The number of hydrogen-bond acceptors (Lipinski definition) is 4. The van der Waals surface area contributed by atoms with Gasteiger partial charge >= 0.3 is 6.18 Å². The van der Waals surface area contributed by atoms with E-state index in [2.05, 4.69) is 5.32 Å². The summed E-state index contributed by atoms with van der Waals surface area (Å²) in [7, 11) is 0. The van der Waals surface area contributed by atoms with Crippen LogP contribution in [0.25, 0.3) is 0 Å². The highest BCUT2D eigenvalue weighted by atomic mass is 19.4. The molecule has 2 aromatic carbocycles. The van der Waals surface area contributed by atoms with Gasteiger partial charge in [0.2, 0.25) is 0 Å². The molecule has 0 aliphatic carbocycles. The van der Waals surface area contributed by atoms with Crippen LogP contribution in [0, 0.1) is 0 Å². The van der Waals surface area contributed by atoms with Crippen molar-refractivity contribution in [2.24, 2.45) is 0 Å². The number of amides is 1. The summed E-state index contributed by atoms with van der Waals surface area (Å²) in [4.78, 5) is 14.7. The van der Waals surface area contributed by atoms with Crippen LogP contribution in [0.1, 0.15) is 34.7 Å². The molecule has 0 saturated carbocycles. The van der Waals surface area contributed by atoms with Crippen LogP contribution in [0.4, 0.5) is 24.5 Å². The molecule has 0 atom stereocenters. The van der Waals surface area contributed by atoms with Crippen LogP contribution in [-0.2, 0) is 12.8 Å². The third-order valence-corrected chi connectivity index (χ3v) is 5.03. The van der Waals surface area contributed by atoms with Crippen molar-refractivity contribution < 1.29 is 27.1 Å². The Kier molecular flexibility index (Phi) is 5.88. The van der Waals surface area contributed by atoms with E-state index in [0.29, 0.717) is 17.2 Å². The first-order valence-electron chi connectivity index (χ1n) is 9.94. The van der Waals surface area contributed by atoms with Gasteiger partial charge in [-0.05, 0) is 55.3 Å². The lowest BCUT2D eigenvalue weighted by molar-refractivity contribution is -0.137. The summed E-state index contributed by atoms with van der Waals surface area (Å²) in [5.74, 6) is 0.462. The molecule has 1 N–H and O–H groups in total. The smallest absolute Gasteiger partial charge is 0.416 e. The molecule has 0 bridgehead atoms. The molecule has 5 nitrogen and oxygen atoms in total. The molecule has 1 saturated heterocycles. The van der Waals surface area contributed by atoms with E-state index in [4.69, 9.17) is 9.15 Å². The SMILES string of the molecule is O=C(Nc1cc(C(F)(F)F)ccc1N1CCCC1)c1ccc(COc2ccccc2)o1. The van der Waals surface area contributed by atoms with Crippen LogP contribution in [0.5, 0.6) is 5.75 Å². The molecule has 31 heavy (non-hydrogen) atoms. The fraction of sp³-hybridized carbons (Fsp3) is 0.261. The number of nitrogens with one attached hydrogen (secondary N) is 1. The number of ether oxygens (including phenoxy) is 1. The third-order valence-electron chi connectivity index (χ3n) is 5.03. The predicted octanol–water partition coefficient (Wildman–Crippen LogP) is 5.73. The first-order valence-corrected chi connectivity index (χ1v) is 9.94. The van der Waals surface area contributed by atoms with Crippen molar-refractivity contribution in [2.75, 3.05) is 23.3 Å². The maximum atomic E-state index is 13.2. The fourth-order valence-corrected chi connectivity index (χ4v) is 3.48. The van der Waals surface area contributed by atoms with E-state index in [0.717, 1.165) is 38.1 Å². The number of alkyl halides is 3. The number of carbonyl (C=O) groups excluding carboxylic acids is 1. The number of rotatable bonds is 6.